The molecule has 1 saturated heterocycles. The second-order valence-corrected chi connectivity index (χ2v) is 19.4. The first-order valence-electron chi connectivity index (χ1n) is 19.6. The second kappa shape index (κ2) is 15.8. The maximum atomic E-state index is 14.7. The zero-order valence-electron chi connectivity index (χ0n) is 33.3. The van der Waals surface area contributed by atoms with Crippen LogP contribution < -0.4 is 30.4 Å². The summed E-state index contributed by atoms with van der Waals surface area (Å²) in [4.78, 5) is 61.9. The summed E-state index contributed by atoms with van der Waals surface area (Å²) in [7, 11) is -3.99. The molecule has 2 aliphatic heterocycles. The third kappa shape index (κ3) is 9.22. The molecule has 56 heavy (non-hydrogen) atoms. The van der Waals surface area contributed by atoms with Gasteiger partial charge in [0, 0.05) is 17.7 Å². The first kappa shape index (κ1) is 41.2. The molecule has 0 radical (unpaired) electrons. The van der Waals surface area contributed by atoms with Crippen LogP contribution in [0.1, 0.15) is 93.4 Å². The number of benzene rings is 1. The molecule has 0 spiro atoms. The lowest BCUT2D eigenvalue weighted by atomic mass is 9.88. The van der Waals surface area contributed by atoms with E-state index in [4.69, 9.17) is 14.2 Å². The Balaban J connectivity index is 1.31. The summed E-state index contributed by atoms with van der Waals surface area (Å²) in [6.45, 7) is 13.2. The number of carbonyl (C=O) groups excluding carboxylic acids is 4. The molecule has 6 rings (SSSR count). The minimum absolute atomic E-state index is 0.0100. The van der Waals surface area contributed by atoms with Gasteiger partial charge in [0.15, 0.2) is 0 Å². The van der Waals surface area contributed by atoms with Crippen LogP contribution in [0, 0.1) is 17.8 Å². The number of fused-ring (bicyclic) bond motifs is 3. The molecule has 3 heterocycles. The molecule has 16 heteroatoms. The van der Waals surface area contributed by atoms with Crippen LogP contribution in [0.3, 0.4) is 0 Å². The van der Waals surface area contributed by atoms with E-state index in [1.54, 1.807) is 33.9 Å². The average Bonchev–Trinajstić information content (AvgIpc) is 3.99. The Morgan fingerprint density at radius 3 is 2.52 bits per heavy atom. The number of aromatic nitrogens is 1. The maximum absolute atomic E-state index is 14.7. The van der Waals surface area contributed by atoms with Crippen molar-refractivity contribution in [3.05, 3.63) is 42.6 Å². The number of pyridine rings is 1. The topological polar surface area (TPSA) is 194 Å². The largest absolute Gasteiger partial charge is 0.494 e. The van der Waals surface area contributed by atoms with Crippen molar-refractivity contribution in [3.8, 4) is 11.5 Å². The van der Waals surface area contributed by atoms with E-state index in [1.165, 1.54) is 4.90 Å². The Hall–Kier alpha value is -4.44. The summed E-state index contributed by atoms with van der Waals surface area (Å²) in [6.07, 6.45) is 7.24. The van der Waals surface area contributed by atoms with E-state index in [9.17, 15) is 27.6 Å². The van der Waals surface area contributed by atoms with Crippen LogP contribution in [0.4, 0.5) is 4.79 Å². The molecule has 0 bridgehead atoms. The summed E-state index contributed by atoms with van der Waals surface area (Å²) < 4.78 is 45.1. The molecule has 2 aromatic rings. The van der Waals surface area contributed by atoms with Crippen molar-refractivity contribution in [2.24, 2.45) is 17.8 Å². The van der Waals surface area contributed by atoms with E-state index in [2.05, 4.69) is 32.8 Å². The molecule has 0 unspecified atom stereocenters. The highest BCUT2D eigenvalue weighted by atomic mass is 32.2. The molecule has 4 N–H and O–H groups in total. The Morgan fingerprint density at radius 2 is 1.82 bits per heavy atom. The first-order valence-corrected chi connectivity index (χ1v) is 21.1. The van der Waals surface area contributed by atoms with Crippen LogP contribution in [0.5, 0.6) is 11.5 Å². The van der Waals surface area contributed by atoms with Crippen LogP contribution in [-0.4, -0.2) is 89.3 Å². The fourth-order valence-corrected chi connectivity index (χ4v) is 8.95. The van der Waals surface area contributed by atoms with Crippen molar-refractivity contribution in [3.63, 3.8) is 0 Å². The third-order valence-corrected chi connectivity index (χ3v) is 13.4. The molecule has 1 aromatic carbocycles. The number of hydrazine groups is 1. The number of hydrogen-bond donors (Lipinski definition) is 4. The summed E-state index contributed by atoms with van der Waals surface area (Å²) in [5.74, 6) is -1.32. The lowest BCUT2D eigenvalue weighted by molar-refractivity contribution is -0.142. The number of ether oxygens (including phenoxy) is 3. The van der Waals surface area contributed by atoms with Gasteiger partial charge in [0.1, 0.15) is 40.8 Å². The van der Waals surface area contributed by atoms with Crippen molar-refractivity contribution in [1.82, 2.24) is 30.8 Å². The zero-order valence-corrected chi connectivity index (χ0v) is 34.2. The molecular formula is C40H56N6O9S. The number of amides is 4. The molecule has 4 aliphatic rings. The number of allylic oxidation sites excluding steroid dienone is 1. The Kier molecular flexibility index (Phi) is 11.6. The number of sulfonamides is 1. The fourth-order valence-electron chi connectivity index (χ4n) is 7.64. The van der Waals surface area contributed by atoms with E-state index in [-0.39, 0.29) is 31.2 Å². The number of carbonyl (C=O) groups is 4. The Bertz CT molecular complexity index is 1980. The molecule has 15 nitrogen and oxygen atoms in total. The molecular weight excluding hydrogens is 741 g/mol. The van der Waals surface area contributed by atoms with Gasteiger partial charge in [-0.25, -0.2) is 18.6 Å². The van der Waals surface area contributed by atoms with Gasteiger partial charge in [0.2, 0.25) is 21.8 Å². The van der Waals surface area contributed by atoms with Crippen molar-refractivity contribution in [2.45, 2.75) is 127 Å². The predicted molar refractivity (Wildman–Crippen MR) is 209 cm³/mol. The van der Waals surface area contributed by atoms with Crippen molar-refractivity contribution < 1.29 is 41.8 Å². The quantitative estimate of drug-likeness (QED) is 0.209. The van der Waals surface area contributed by atoms with Gasteiger partial charge in [0.25, 0.3) is 5.91 Å². The van der Waals surface area contributed by atoms with Gasteiger partial charge >= 0.3 is 6.09 Å². The maximum Gasteiger partial charge on any atom is 0.422 e. The second-order valence-electron chi connectivity index (χ2n) is 17.2. The van der Waals surface area contributed by atoms with Gasteiger partial charge in [0.05, 0.1) is 29.6 Å². The van der Waals surface area contributed by atoms with Crippen molar-refractivity contribution in [1.29, 1.82) is 0 Å². The lowest BCUT2D eigenvalue weighted by Gasteiger charge is -2.33. The predicted octanol–water partition coefficient (Wildman–Crippen LogP) is 4.27. The molecule has 2 aliphatic carbocycles. The summed E-state index contributed by atoms with van der Waals surface area (Å²) in [6, 6.07) is 5.31. The van der Waals surface area contributed by atoms with E-state index in [0.29, 0.717) is 43.8 Å². The standard InChI is InChI=1S/C40H56N6O9S/c1-8-53-28-13-14-31-26(18-28)19-29(22-41-31)54-30-20-32-34(47)42-40(36(49)45-56(51,52)39(7)15-16-39)21-27(40)12-10-9-11-24(2)17-25(3)33(35(48)46(32)23-30)43-44-37(50)55-38(4,5)6/h10,12-14,18-19,22,24-25,27,30,32-33,43H,8-9,11,15-17,20-21,23H2,1-7H3,(H,42,47)(H,44,50)(H,45,49)/b12-10-/t24-,25-,27-,30-,32+,33+,40-/m1/s1. The van der Waals surface area contributed by atoms with E-state index >= 15 is 0 Å². The molecule has 306 valence electrons. The Morgan fingerprint density at radius 1 is 1.09 bits per heavy atom. The van der Waals surface area contributed by atoms with Gasteiger partial charge < -0.3 is 24.4 Å². The van der Waals surface area contributed by atoms with Gasteiger partial charge in [-0.1, -0.05) is 26.0 Å². The van der Waals surface area contributed by atoms with Crippen LogP contribution in [0.2, 0.25) is 0 Å². The highest BCUT2D eigenvalue weighted by molar-refractivity contribution is 7.91. The number of nitrogens with zero attached hydrogens (tertiary/aromatic N) is 2. The van der Waals surface area contributed by atoms with Crippen molar-refractivity contribution in [2.75, 3.05) is 13.2 Å². The van der Waals surface area contributed by atoms with Gasteiger partial charge in [-0.3, -0.25) is 29.5 Å². The highest BCUT2D eigenvalue weighted by Crippen LogP contribution is 2.47. The minimum Gasteiger partial charge on any atom is -0.494 e. The fraction of sp³-hybridized carbons (Fsp3) is 0.625. The van der Waals surface area contributed by atoms with Crippen molar-refractivity contribution >= 4 is 44.7 Å². The van der Waals surface area contributed by atoms with Gasteiger partial charge in [-0.15, -0.1) is 0 Å². The summed E-state index contributed by atoms with van der Waals surface area (Å²) >= 11 is 0. The van der Waals surface area contributed by atoms with Gasteiger partial charge in [-0.05, 0) is 109 Å². The molecule has 3 fully saturated rings. The van der Waals surface area contributed by atoms with Crippen LogP contribution >= 0.6 is 0 Å². The Labute approximate surface area is 329 Å². The van der Waals surface area contributed by atoms with Crippen LogP contribution in [0.25, 0.3) is 10.9 Å². The minimum atomic E-state index is -3.99. The lowest BCUT2D eigenvalue weighted by Crippen LogP contribution is -2.60. The molecule has 4 amide bonds. The number of nitrogens with one attached hydrogen (secondary N) is 4. The van der Waals surface area contributed by atoms with Crippen LogP contribution in [0.15, 0.2) is 42.6 Å². The molecule has 7 atom stereocenters. The average molecular weight is 797 g/mol. The van der Waals surface area contributed by atoms with E-state index in [1.807, 2.05) is 50.3 Å². The number of rotatable bonds is 9. The molecule has 2 saturated carbocycles. The smallest absolute Gasteiger partial charge is 0.422 e. The summed E-state index contributed by atoms with van der Waals surface area (Å²) in [5, 5.41) is 3.69. The zero-order chi connectivity index (χ0) is 40.6. The number of hydrogen-bond acceptors (Lipinski definition) is 11. The van der Waals surface area contributed by atoms with Crippen LogP contribution in [-0.2, 0) is 29.1 Å². The SMILES string of the molecule is CCOc1ccc2ncc(O[C@@H]3C[C@H]4C(=O)N[C@]5(C(=O)NS(=O)(=O)C6(C)CC6)C[C@H]5/C=C\CC[C@@H](C)C[C@@H](C)[C@H](NNC(=O)OC(C)(C)C)C(=O)N4C3)cc2c1. The first-order chi connectivity index (χ1) is 26.3. The monoisotopic (exact) mass is 796 g/mol. The molecule has 1 aromatic heterocycles. The van der Waals surface area contributed by atoms with E-state index < -0.39 is 73.8 Å². The normalized spacial score (nSPS) is 29.7. The van der Waals surface area contributed by atoms with Gasteiger partial charge in [-0.2, -0.15) is 0 Å². The van der Waals surface area contributed by atoms with E-state index in [0.717, 1.165) is 17.3 Å². The summed E-state index contributed by atoms with van der Waals surface area (Å²) in [5.41, 5.74) is 3.90. The third-order valence-electron chi connectivity index (χ3n) is 11.2. The highest BCUT2D eigenvalue weighted by Gasteiger charge is 2.63.